The summed E-state index contributed by atoms with van der Waals surface area (Å²) >= 11 is 1.36. The molecule has 5 nitrogen and oxygen atoms in total. The lowest BCUT2D eigenvalue weighted by molar-refractivity contribution is -0.116. The van der Waals surface area contributed by atoms with Crippen molar-refractivity contribution >= 4 is 40.7 Å². The number of nitrogens with one attached hydrogen (secondary N) is 1. The number of benzene rings is 3. The van der Waals surface area contributed by atoms with Gasteiger partial charge in [-0.3, -0.25) is 15.0 Å². The molecule has 3 aromatic rings. The number of anilines is 1. The van der Waals surface area contributed by atoms with Gasteiger partial charge in [0.25, 0.3) is 5.91 Å². The van der Waals surface area contributed by atoms with Crippen LogP contribution < -0.4 is 10.4 Å². The zero-order chi connectivity index (χ0) is 23.7. The lowest BCUT2D eigenvalue weighted by Crippen LogP contribution is -2.35. The molecule has 6 heteroatoms. The number of hydrogen-bond acceptors (Lipinski definition) is 4. The number of carbonyl (C=O) groups excluding carboxylic acids is 2. The van der Waals surface area contributed by atoms with E-state index >= 15 is 0 Å². The Morgan fingerprint density at radius 1 is 0.939 bits per heavy atom. The molecule has 1 unspecified atom stereocenters. The highest BCUT2D eigenvalue weighted by Crippen LogP contribution is 2.35. The minimum absolute atomic E-state index is 0.0246. The molecule has 1 aliphatic heterocycles. The van der Waals surface area contributed by atoms with E-state index in [0.717, 1.165) is 38.5 Å². The highest BCUT2D eigenvalue weighted by atomic mass is 32.2. The Kier molecular flexibility index (Phi) is 6.38. The molecule has 0 saturated carbocycles. The van der Waals surface area contributed by atoms with Crippen LogP contribution in [0, 0.1) is 27.7 Å². The van der Waals surface area contributed by atoms with Crippen molar-refractivity contribution in [2.24, 2.45) is 4.99 Å². The Labute approximate surface area is 198 Å². The lowest BCUT2D eigenvalue weighted by atomic mass is 10.1. The fraction of sp³-hybridized carbons (Fsp3) is 0.222. The van der Waals surface area contributed by atoms with Gasteiger partial charge in [0.05, 0.1) is 11.4 Å². The van der Waals surface area contributed by atoms with Crippen LogP contribution in [0.25, 0.3) is 0 Å². The van der Waals surface area contributed by atoms with E-state index in [2.05, 4.69) is 5.43 Å². The zero-order valence-electron chi connectivity index (χ0n) is 19.5. The topological polar surface area (TPSA) is 61.8 Å². The van der Waals surface area contributed by atoms with Crippen LogP contribution in [-0.4, -0.2) is 22.8 Å². The fourth-order valence-electron chi connectivity index (χ4n) is 3.86. The molecule has 1 saturated heterocycles. The Bertz CT molecular complexity index is 1260. The van der Waals surface area contributed by atoms with Crippen LogP contribution in [0.2, 0.25) is 0 Å². The van der Waals surface area contributed by atoms with Crippen LogP contribution in [0.4, 0.5) is 11.4 Å². The summed E-state index contributed by atoms with van der Waals surface area (Å²) in [6.45, 7) is 9.52. The Morgan fingerprint density at radius 2 is 1.61 bits per heavy atom. The molecular formula is C27H27N3O2S. The summed E-state index contributed by atoms with van der Waals surface area (Å²) in [6.07, 6.45) is 0. The molecule has 1 atom stereocenters. The molecule has 1 amide bonds. The molecule has 1 heterocycles. The zero-order valence-corrected chi connectivity index (χ0v) is 20.3. The largest absolute Gasteiger partial charge is 0.294 e. The molecule has 168 valence electrons. The maximum absolute atomic E-state index is 13.6. The number of amidine groups is 1. The highest BCUT2D eigenvalue weighted by molar-refractivity contribution is 8.01. The number of thioether (sulfide) groups is 1. The first-order chi connectivity index (χ1) is 15.7. The standard InChI is InChI=1S/C27H27N3O2S/c1-16-8-6-11-21(14-16)30-27(32)25(33-23-13-12-17(2)15-22(23)20(5)31)26(29-30)28-24-18(3)9-7-10-19(24)4/h6-15,25H,1-5H3,(H,28,29). The second-order valence-electron chi connectivity index (χ2n) is 8.42. The predicted molar refractivity (Wildman–Crippen MR) is 136 cm³/mol. The third-order valence-electron chi connectivity index (χ3n) is 5.61. The van der Waals surface area contributed by atoms with Gasteiger partial charge in [-0.1, -0.05) is 42.0 Å². The normalized spacial score (nSPS) is 16.9. The van der Waals surface area contributed by atoms with Crippen molar-refractivity contribution in [2.75, 3.05) is 5.01 Å². The SMILES string of the molecule is CC(=O)c1cc(C)ccc1SC1C(=O)N(c2cccc(C)c2)NC1=Nc1c(C)cccc1C. The van der Waals surface area contributed by atoms with Gasteiger partial charge >= 0.3 is 0 Å². The van der Waals surface area contributed by atoms with E-state index in [1.54, 1.807) is 11.9 Å². The number of para-hydroxylation sites is 1. The molecule has 1 N–H and O–H groups in total. The number of amides is 1. The minimum Gasteiger partial charge on any atom is -0.294 e. The van der Waals surface area contributed by atoms with Gasteiger partial charge in [-0.05, 0) is 75.6 Å². The number of nitrogens with zero attached hydrogens (tertiary/aromatic N) is 2. The molecule has 3 aromatic carbocycles. The van der Waals surface area contributed by atoms with Crippen molar-refractivity contribution in [3.8, 4) is 0 Å². The average Bonchev–Trinajstić information content (AvgIpc) is 3.07. The lowest BCUT2D eigenvalue weighted by Gasteiger charge is -2.16. The van der Waals surface area contributed by atoms with Crippen molar-refractivity contribution in [1.82, 2.24) is 5.43 Å². The van der Waals surface area contributed by atoms with E-state index in [9.17, 15) is 9.59 Å². The van der Waals surface area contributed by atoms with Gasteiger partial charge < -0.3 is 0 Å². The van der Waals surface area contributed by atoms with Crippen molar-refractivity contribution in [3.05, 3.63) is 88.5 Å². The second kappa shape index (κ2) is 9.24. The van der Waals surface area contributed by atoms with Gasteiger partial charge in [-0.15, -0.1) is 11.8 Å². The molecule has 1 fully saturated rings. The summed E-state index contributed by atoms with van der Waals surface area (Å²) < 4.78 is 0. The monoisotopic (exact) mass is 457 g/mol. The molecule has 4 rings (SSSR count). The number of carbonyl (C=O) groups is 2. The summed E-state index contributed by atoms with van der Waals surface area (Å²) in [5, 5.41) is 0.948. The van der Waals surface area contributed by atoms with Gasteiger partial charge in [0, 0.05) is 10.5 Å². The summed E-state index contributed by atoms with van der Waals surface area (Å²) in [5.74, 6) is 0.410. The smallest absolute Gasteiger partial charge is 0.266 e. The molecular weight excluding hydrogens is 430 g/mol. The molecule has 0 aliphatic carbocycles. The van der Waals surface area contributed by atoms with Crippen LogP contribution >= 0.6 is 11.8 Å². The van der Waals surface area contributed by atoms with E-state index in [4.69, 9.17) is 4.99 Å². The summed E-state index contributed by atoms with van der Waals surface area (Å²) in [7, 11) is 0. The molecule has 0 bridgehead atoms. The van der Waals surface area contributed by atoms with E-state index in [1.165, 1.54) is 11.8 Å². The van der Waals surface area contributed by atoms with Crippen LogP contribution in [-0.2, 0) is 4.79 Å². The van der Waals surface area contributed by atoms with Crippen molar-refractivity contribution < 1.29 is 9.59 Å². The third-order valence-corrected chi connectivity index (χ3v) is 6.88. The van der Waals surface area contributed by atoms with E-state index in [-0.39, 0.29) is 11.7 Å². The maximum Gasteiger partial charge on any atom is 0.266 e. The number of hydrazine groups is 1. The molecule has 0 radical (unpaired) electrons. The number of ketones is 1. The first kappa shape index (κ1) is 22.8. The number of aryl methyl sites for hydroxylation is 4. The van der Waals surface area contributed by atoms with E-state index < -0.39 is 5.25 Å². The highest BCUT2D eigenvalue weighted by Gasteiger charge is 2.40. The molecule has 0 aromatic heterocycles. The van der Waals surface area contributed by atoms with Gasteiger partial charge in [0.2, 0.25) is 0 Å². The van der Waals surface area contributed by atoms with Gasteiger partial charge in [0.15, 0.2) is 5.78 Å². The van der Waals surface area contributed by atoms with Crippen molar-refractivity contribution in [3.63, 3.8) is 0 Å². The number of rotatable bonds is 5. The van der Waals surface area contributed by atoms with E-state index in [1.807, 2.05) is 88.4 Å². The van der Waals surface area contributed by atoms with Crippen molar-refractivity contribution in [1.29, 1.82) is 0 Å². The minimum atomic E-state index is -0.606. The van der Waals surface area contributed by atoms with Crippen LogP contribution in [0.15, 0.2) is 70.6 Å². The van der Waals surface area contributed by atoms with Gasteiger partial charge in [-0.25, -0.2) is 10.0 Å². The molecule has 33 heavy (non-hydrogen) atoms. The first-order valence-corrected chi connectivity index (χ1v) is 11.7. The quantitative estimate of drug-likeness (QED) is 0.487. The van der Waals surface area contributed by atoms with Crippen LogP contribution in [0.1, 0.15) is 39.5 Å². The number of hydrogen-bond donors (Lipinski definition) is 1. The molecule has 1 aliphatic rings. The summed E-state index contributed by atoms with van der Waals surface area (Å²) in [5.41, 5.74) is 9.61. The Morgan fingerprint density at radius 3 is 2.27 bits per heavy atom. The van der Waals surface area contributed by atoms with Crippen LogP contribution in [0.5, 0.6) is 0 Å². The fourth-order valence-corrected chi connectivity index (χ4v) is 5.02. The average molecular weight is 458 g/mol. The Balaban J connectivity index is 1.80. The van der Waals surface area contributed by atoms with Gasteiger partial charge in [-0.2, -0.15) is 0 Å². The number of aliphatic imine (C=N–C) groups is 1. The van der Waals surface area contributed by atoms with E-state index in [0.29, 0.717) is 11.4 Å². The number of Topliss-reactive ketones (excluding diaryl/α,β-unsaturated/α-hetero) is 1. The van der Waals surface area contributed by atoms with Crippen LogP contribution in [0.3, 0.4) is 0 Å². The van der Waals surface area contributed by atoms with Crippen molar-refractivity contribution in [2.45, 2.75) is 44.8 Å². The van der Waals surface area contributed by atoms with Gasteiger partial charge in [0.1, 0.15) is 11.1 Å². The molecule has 0 spiro atoms. The first-order valence-electron chi connectivity index (χ1n) is 10.8. The predicted octanol–water partition coefficient (Wildman–Crippen LogP) is 5.87. The second-order valence-corrected chi connectivity index (χ2v) is 9.56. The maximum atomic E-state index is 13.6. The summed E-state index contributed by atoms with van der Waals surface area (Å²) in [4.78, 5) is 31.6. The Hall–Kier alpha value is -3.38. The third kappa shape index (κ3) is 4.71. The summed E-state index contributed by atoms with van der Waals surface area (Å²) in [6, 6.07) is 19.5.